The first-order chi connectivity index (χ1) is 12.3. The van der Waals surface area contributed by atoms with Crippen LogP contribution in [0.15, 0.2) is 34.7 Å². The predicted molar refractivity (Wildman–Crippen MR) is 94.8 cm³/mol. The van der Waals surface area contributed by atoms with Crippen LogP contribution in [-0.4, -0.2) is 43.4 Å². The Balaban J connectivity index is 1.93. The van der Waals surface area contributed by atoms with E-state index in [1.807, 2.05) is 19.1 Å². The lowest BCUT2D eigenvalue weighted by molar-refractivity contribution is -0.129. The zero-order chi connectivity index (χ0) is 19.3. The summed E-state index contributed by atoms with van der Waals surface area (Å²) < 4.78 is 10.2. The highest BCUT2D eigenvalue weighted by Gasteiger charge is 2.18. The number of furan rings is 1. The molecule has 0 aliphatic carbocycles. The minimum absolute atomic E-state index is 0.132. The molecular formula is C19H22N2O5. The second-order valence-corrected chi connectivity index (χ2v) is 5.92. The van der Waals surface area contributed by atoms with Gasteiger partial charge in [0.25, 0.3) is 5.91 Å². The van der Waals surface area contributed by atoms with Gasteiger partial charge in [-0.2, -0.15) is 0 Å². The molecule has 0 aliphatic heterocycles. The number of amides is 2. The molecule has 7 heteroatoms. The molecule has 0 spiro atoms. The van der Waals surface area contributed by atoms with Crippen LogP contribution in [0.1, 0.15) is 37.8 Å². The lowest BCUT2D eigenvalue weighted by Crippen LogP contribution is -2.37. The topological polar surface area (TPSA) is 88.9 Å². The van der Waals surface area contributed by atoms with Crippen LogP contribution in [-0.2, 0) is 16.1 Å². The molecule has 7 nitrogen and oxygen atoms in total. The van der Waals surface area contributed by atoms with Crippen molar-refractivity contribution in [3.8, 4) is 0 Å². The van der Waals surface area contributed by atoms with Crippen molar-refractivity contribution in [2.24, 2.45) is 0 Å². The van der Waals surface area contributed by atoms with Crippen molar-refractivity contribution in [2.75, 3.05) is 20.7 Å². The molecule has 1 aromatic carbocycles. The zero-order valence-electron chi connectivity index (χ0n) is 15.3. The molecule has 0 radical (unpaired) electrons. The van der Waals surface area contributed by atoms with Crippen LogP contribution in [0.4, 0.5) is 0 Å². The highest BCUT2D eigenvalue weighted by atomic mass is 16.5. The van der Waals surface area contributed by atoms with E-state index >= 15 is 0 Å². The van der Waals surface area contributed by atoms with Crippen molar-refractivity contribution in [2.45, 2.75) is 20.4 Å². The standard InChI is InChI=1S/C19H22N2O5/c1-12-7-5-6-8-15(12)18(23)20-10-17(22)21(3)11-14-9-16(13(2)26-14)19(24)25-4/h5-9H,10-11H2,1-4H3,(H,20,23). The van der Waals surface area contributed by atoms with Gasteiger partial charge in [0.2, 0.25) is 5.91 Å². The summed E-state index contributed by atoms with van der Waals surface area (Å²) in [6.07, 6.45) is 0. The largest absolute Gasteiger partial charge is 0.465 e. The van der Waals surface area contributed by atoms with E-state index < -0.39 is 5.97 Å². The summed E-state index contributed by atoms with van der Waals surface area (Å²) in [5.41, 5.74) is 1.70. The van der Waals surface area contributed by atoms with Gasteiger partial charge in [-0.05, 0) is 31.5 Å². The van der Waals surface area contributed by atoms with Gasteiger partial charge in [0.15, 0.2) is 0 Å². The number of likely N-dealkylation sites (N-methyl/N-ethyl adjacent to an activating group) is 1. The smallest absolute Gasteiger partial charge is 0.341 e. The molecule has 26 heavy (non-hydrogen) atoms. The predicted octanol–water partition coefficient (Wildman–Crippen LogP) is 2.07. The van der Waals surface area contributed by atoms with Gasteiger partial charge in [0.05, 0.1) is 20.2 Å². The van der Waals surface area contributed by atoms with Gasteiger partial charge in [-0.25, -0.2) is 4.79 Å². The van der Waals surface area contributed by atoms with E-state index in [9.17, 15) is 14.4 Å². The third kappa shape index (κ3) is 4.50. The lowest BCUT2D eigenvalue weighted by atomic mass is 10.1. The molecular weight excluding hydrogens is 336 g/mol. The Morgan fingerprint density at radius 2 is 1.85 bits per heavy atom. The molecule has 138 valence electrons. The maximum Gasteiger partial charge on any atom is 0.341 e. The molecule has 2 amide bonds. The molecule has 1 aromatic heterocycles. The molecule has 2 rings (SSSR count). The number of carbonyl (C=O) groups excluding carboxylic acids is 3. The fourth-order valence-corrected chi connectivity index (χ4v) is 2.47. The number of hydrogen-bond acceptors (Lipinski definition) is 5. The van der Waals surface area contributed by atoms with Crippen LogP contribution >= 0.6 is 0 Å². The van der Waals surface area contributed by atoms with E-state index in [1.54, 1.807) is 32.2 Å². The van der Waals surface area contributed by atoms with Crippen molar-refractivity contribution in [1.82, 2.24) is 10.2 Å². The highest BCUT2D eigenvalue weighted by Crippen LogP contribution is 2.17. The Morgan fingerprint density at radius 3 is 2.50 bits per heavy atom. The Labute approximate surface area is 151 Å². The maximum absolute atomic E-state index is 12.2. The lowest BCUT2D eigenvalue weighted by Gasteiger charge is -2.16. The van der Waals surface area contributed by atoms with Crippen molar-refractivity contribution in [3.63, 3.8) is 0 Å². The number of nitrogens with one attached hydrogen (secondary N) is 1. The number of rotatable bonds is 6. The van der Waals surface area contributed by atoms with Crippen LogP contribution in [0.5, 0.6) is 0 Å². The fourth-order valence-electron chi connectivity index (χ4n) is 2.47. The van der Waals surface area contributed by atoms with E-state index in [1.165, 1.54) is 12.0 Å². The summed E-state index contributed by atoms with van der Waals surface area (Å²) in [4.78, 5) is 37.4. The number of carbonyl (C=O) groups is 3. The van der Waals surface area contributed by atoms with Crippen LogP contribution in [0.25, 0.3) is 0 Å². The molecule has 0 unspecified atom stereocenters. The normalized spacial score (nSPS) is 10.3. The van der Waals surface area contributed by atoms with E-state index in [2.05, 4.69) is 10.1 Å². The van der Waals surface area contributed by atoms with Gasteiger partial charge in [-0.3, -0.25) is 9.59 Å². The number of ether oxygens (including phenoxy) is 1. The highest BCUT2D eigenvalue weighted by molar-refractivity contribution is 5.97. The average molecular weight is 358 g/mol. The summed E-state index contributed by atoms with van der Waals surface area (Å²) in [5.74, 6) is -0.172. The van der Waals surface area contributed by atoms with E-state index in [4.69, 9.17) is 4.42 Å². The van der Waals surface area contributed by atoms with E-state index in [-0.39, 0.29) is 24.9 Å². The maximum atomic E-state index is 12.2. The number of hydrogen-bond donors (Lipinski definition) is 1. The van der Waals surface area contributed by atoms with Gasteiger partial charge < -0.3 is 19.4 Å². The molecule has 0 saturated heterocycles. The van der Waals surface area contributed by atoms with Gasteiger partial charge in [0.1, 0.15) is 17.1 Å². The Kier molecular flexibility index (Phi) is 6.16. The van der Waals surface area contributed by atoms with Crippen LogP contribution in [0.3, 0.4) is 0 Å². The minimum atomic E-state index is -0.489. The van der Waals surface area contributed by atoms with Crippen molar-refractivity contribution >= 4 is 17.8 Å². The third-order valence-electron chi connectivity index (χ3n) is 3.98. The Hall–Kier alpha value is -3.09. The van der Waals surface area contributed by atoms with Crippen LogP contribution in [0.2, 0.25) is 0 Å². The second-order valence-electron chi connectivity index (χ2n) is 5.92. The summed E-state index contributed by atoms with van der Waals surface area (Å²) in [7, 11) is 2.89. The summed E-state index contributed by atoms with van der Waals surface area (Å²) in [6.45, 7) is 3.53. The number of nitrogens with zero attached hydrogens (tertiary/aromatic N) is 1. The van der Waals surface area contributed by atoms with Gasteiger partial charge in [0, 0.05) is 12.6 Å². The van der Waals surface area contributed by atoms with Crippen LogP contribution in [0, 0.1) is 13.8 Å². The SMILES string of the molecule is COC(=O)c1cc(CN(C)C(=O)CNC(=O)c2ccccc2C)oc1C. The van der Waals surface area contributed by atoms with Crippen LogP contribution < -0.4 is 5.32 Å². The van der Waals surface area contributed by atoms with Crippen molar-refractivity contribution < 1.29 is 23.5 Å². The summed E-state index contributed by atoms with van der Waals surface area (Å²) in [6, 6.07) is 8.71. The first-order valence-corrected chi connectivity index (χ1v) is 8.09. The molecule has 0 saturated carbocycles. The number of aryl methyl sites for hydroxylation is 2. The number of benzene rings is 1. The first-order valence-electron chi connectivity index (χ1n) is 8.09. The second kappa shape index (κ2) is 8.33. The fraction of sp³-hybridized carbons (Fsp3) is 0.316. The molecule has 0 aliphatic rings. The monoisotopic (exact) mass is 358 g/mol. The van der Waals surface area contributed by atoms with Gasteiger partial charge in [-0.1, -0.05) is 18.2 Å². The van der Waals surface area contributed by atoms with E-state index in [0.717, 1.165) is 5.56 Å². The number of esters is 1. The zero-order valence-corrected chi connectivity index (χ0v) is 15.3. The molecule has 1 heterocycles. The summed E-state index contributed by atoms with van der Waals surface area (Å²) in [5, 5.41) is 2.62. The average Bonchev–Trinajstić information content (AvgIpc) is 2.99. The van der Waals surface area contributed by atoms with E-state index in [0.29, 0.717) is 22.6 Å². The summed E-state index contributed by atoms with van der Waals surface area (Å²) >= 11 is 0. The molecule has 0 atom stereocenters. The number of methoxy groups -OCH3 is 1. The van der Waals surface area contributed by atoms with Gasteiger partial charge >= 0.3 is 5.97 Å². The van der Waals surface area contributed by atoms with Gasteiger partial charge in [-0.15, -0.1) is 0 Å². The quantitative estimate of drug-likeness (QED) is 0.799. The molecule has 0 bridgehead atoms. The Morgan fingerprint density at radius 1 is 1.15 bits per heavy atom. The molecule has 0 fully saturated rings. The molecule has 1 N–H and O–H groups in total. The van der Waals surface area contributed by atoms with Crippen molar-refractivity contribution in [3.05, 3.63) is 58.5 Å². The minimum Gasteiger partial charge on any atom is -0.465 e. The van der Waals surface area contributed by atoms with Crippen molar-refractivity contribution in [1.29, 1.82) is 0 Å². The first kappa shape index (κ1) is 19.2. The Bertz CT molecular complexity index is 825. The third-order valence-corrected chi connectivity index (χ3v) is 3.98. The molecule has 2 aromatic rings.